The lowest BCUT2D eigenvalue weighted by molar-refractivity contribution is 0.585. The molecule has 1 aromatic heterocycles. The van der Waals surface area contributed by atoms with E-state index in [2.05, 4.69) is 5.10 Å². The molecule has 5 heteroatoms. The SMILES string of the molecule is Cc1cc(Sc2cccc(F)c2C(C)N)n(C)n1. The maximum absolute atomic E-state index is 13.8. The van der Waals surface area contributed by atoms with E-state index in [1.807, 2.05) is 26.1 Å². The molecule has 3 nitrogen and oxygen atoms in total. The maximum Gasteiger partial charge on any atom is 0.129 e. The molecule has 0 bridgehead atoms. The molecule has 0 amide bonds. The van der Waals surface area contributed by atoms with Crippen molar-refractivity contribution in [1.82, 2.24) is 9.78 Å². The number of aryl methyl sites for hydroxylation is 2. The van der Waals surface area contributed by atoms with Crippen molar-refractivity contribution in [3.8, 4) is 0 Å². The predicted octanol–water partition coefficient (Wildman–Crippen LogP) is 3.04. The van der Waals surface area contributed by atoms with Gasteiger partial charge >= 0.3 is 0 Å². The first kappa shape index (κ1) is 13.1. The quantitative estimate of drug-likeness (QED) is 0.927. The number of hydrogen-bond acceptors (Lipinski definition) is 3. The molecule has 0 saturated heterocycles. The monoisotopic (exact) mass is 265 g/mol. The van der Waals surface area contributed by atoms with E-state index in [1.165, 1.54) is 17.8 Å². The molecule has 0 radical (unpaired) electrons. The Hall–Kier alpha value is -1.33. The van der Waals surface area contributed by atoms with Gasteiger partial charge in [0.25, 0.3) is 0 Å². The van der Waals surface area contributed by atoms with Crippen LogP contribution < -0.4 is 5.73 Å². The van der Waals surface area contributed by atoms with Crippen LogP contribution in [0.4, 0.5) is 4.39 Å². The topological polar surface area (TPSA) is 43.8 Å². The molecule has 1 atom stereocenters. The van der Waals surface area contributed by atoms with E-state index in [4.69, 9.17) is 5.73 Å². The van der Waals surface area contributed by atoms with Crippen molar-refractivity contribution in [2.45, 2.75) is 29.8 Å². The Morgan fingerprint density at radius 3 is 2.72 bits per heavy atom. The van der Waals surface area contributed by atoms with Gasteiger partial charge in [-0.15, -0.1) is 0 Å². The fourth-order valence-electron chi connectivity index (χ4n) is 1.84. The molecule has 2 N–H and O–H groups in total. The summed E-state index contributed by atoms with van der Waals surface area (Å²) in [5.41, 5.74) is 7.34. The molecule has 0 aliphatic heterocycles. The van der Waals surface area contributed by atoms with Crippen LogP contribution in [0, 0.1) is 12.7 Å². The lowest BCUT2D eigenvalue weighted by Gasteiger charge is -2.13. The van der Waals surface area contributed by atoms with Gasteiger partial charge in [0.05, 0.1) is 10.7 Å². The van der Waals surface area contributed by atoms with E-state index in [9.17, 15) is 4.39 Å². The van der Waals surface area contributed by atoms with Crippen LogP contribution in [-0.4, -0.2) is 9.78 Å². The number of rotatable bonds is 3. The average Bonchev–Trinajstić information content (AvgIpc) is 2.57. The number of benzene rings is 1. The standard InChI is InChI=1S/C13H16FN3S/c1-8-7-12(17(3)16-8)18-11-6-4-5-10(14)13(11)9(2)15/h4-7,9H,15H2,1-3H3. The molecular weight excluding hydrogens is 249 g/mol. The number of hydrogen-bond donors (Lipinski definition) is 1. The molecule has 0 fully saturated rings. The summed E-state index contributed by atoms with van der Waals surface area (Å²) in [4.78, 5) is 0.841. The van der Waals surface area contributed by atoms with Gasteiger partial charge in [0, 0.05) is 23.5 Å². The first-order valence-electron chi connectivity index (χ1n) is 5.71. The Balaban J connectivity index is 2.40. The molecule has 0 spiro atoms. The minimum Gasteiger partial charge on any atom is -0.324 e. The fraction of sp³-hybridized carbons (Fsp3) is 0.308. The Kier molecular flexibility index (Phi) is 3.73. The zero-order chi connectivity index (χ0) is 13.3. The minimum atomic E-state index is -0.331. The zero-order valence-corrected chi connectivity index (χ0v) is 11.5. The zero-order valence-electron chi connectivity index (χ0n) is 10.6. The van der Waals surface area contributed by atoms with Gasteiger partial charge in [-0.3, -0.25) is 4.68 Å². The van der Waals surface area contributed by atoms with Gasteiger partial charge in [0.2, 0.25) is 0 Å². The normalized spacial score (nSPS) is 12.7. The van der Waals surface area contributed by atoms with E-state index in [-0.39, 0.29) is 11.9 Å². The van der Waals surface area contributed by atoms with E-state index < -0.39 is 0 Å². The van der Waals surface area contributed by atoms with Crippen LogP contribution in [0.15, 0.2) is 34.2 Å². The molecule has 1 unspecified atom stereocenters. The van der Waals surface area contributed by atoms with Crippen LogP contribution >= 0.6 is 11.8 Å². The first-order valence-corrected chi connectivity index (χ1v) is 6.53. The van der Waals surface area contributed by atoms with E-state index in [1.54, 1.807) is 17.7 Å². The third kappa shape index (κ3) is 2.57. The smallest absolute Gasteiger partial charge is 0.129 e. The molecule has 2 aromatic rings. The molecule has 0 aliphatic rings. The molecule has 0 aliphatic carbocycles. The summed E-state index contributed by atoms with van der Waals surface area (Å²) >= 11 is 1.48. The highest BCUT2D eigenvalue weighted by Crippen LogP contribution is 2.34. The minimum absolute atomic E-state index is 0.256. The Morgan fingerprint density at radius 1 is 1.44 bits per heavy atom. The van der Waals surface area contributed by atoms with Crippen molar-refractivity contribution in [2.24, 2.45) is 12.8 Å². The van der Waals surface area contributed by atoms with Crippen molar-refractivity contribution >= 4 is 11.8 Å². The highest BCUT2D eigenvalue weighted by atomic mass is 32.2. The number of nitrogens with zero attached hydrogens (tertiary/aromatic N) is 2. The highest BCUT2D eigenvalue weighted by molar-refractivity contribution is 7.99. The average molecular weight is 265 g/mol. The van der Waals surface area contributed by atoms with Crippen molar-refractivity contribution in [1.29, 1.82) is 0 Å². The molecule has 2 rings (SSSR count). The van der Waals surface area contributed by atoms with Crippen LogP contribution in [0.1, 0.15) is 24.2 Å². The van der Waals surface area contributed by atoms with Gasteiger partial charge in [0.1, 0.15) is 5.82 Å². The van der Waals surface area contributed by atoms with Crippen LogP contribution in [0.5, 0.6) is 0 Å². The Labute approximate surface area is 110 Å². The van der Waals surface area contributed by atoms with Crippen molar-refractivity contribution in [3.63, 3.8) is 0 Å². The highest BCUT2D eigenvalue weighted by Gasteiger charge is 2.14. The van der Waals surface area contributed by atoms with Crippen LogP contribution in [0.2, 0.25) is 0 Å². The van der Waals surface area contributed by atoms with E-state index in [0.29, 0.717) is 5.56 Å². The summed E-state index contributed by atoms with van der Waals surface area (Å²) in [5, 5.41) is 5.25. The molecular formula is C13H16FN3S. The van der Waals surface area contributed by atoms with Gasteiger partial charge in [-0.25, -0.2) is 4.39 Å². The second-order valence-corrected chi connectivity index (χ2v) is 5.35. The molecule has 18 heavy (non-hydrogen) atoms. The summed E-state index contributed by atoms with van der Waals surface area (Å²) in [5.74, 6) is -0.256. The lowest BCUT2D eigenvalue weighted by atomic mass is 10.1. The van der Waals surface area contributed by atoms with Gasteiger partial charge in [0.15, 0.2) is 0 Å². The van der Waals surface area contributed by atoms with E-state index in [0.717, 1.165) is 15.6 Å². The van der Waals surface area contributed by atoms with E-state index >= 15 is 0 Å². The summed E-state index contributed by atoms with van der Waals surface area (Å²) in [6.07, 6.45) is 0. The Bertz CT molecular complexity index is 563. The fourth-order valence-corrected chi connectivity index (χ4v) is 3.01. The van der Waals surface area contributed by atoms with Gasteiger partial charge in [-0.2, -0.15) is 5.10 Å². The summed E-state index contributed by atoms with van der Waals surface area (Å²) in [6.45, 7) is 3.72. The van der Waals surface area contributed by atoms with Crippen molar-refractivity contribution in [3.05, 3.63) is 41.3 Å². The van der Waals surface area contributed by atoms with Gasteiger partial charge in [-0.1, -0.05) is 17.8 Å². The summed E-state index contributed by atoms with van der Waals surface area (Å²) in [6, 6.07) is 6.67. The summed E-state index contributed by atoms with van der Waals surface area (Å²) in [7, 11) is 1.88. The van der Waals surface area contributed by atoms with Crippen LogP contribution in [-0.2, 0) is 7.05 Å². The largest absolute Gasteiger partial charge is 0.324 e. The number of nitrogens with two attached hydrogens (primary N) is 1. The van der Waals surface area contributed by atoms with Gasteiger partial charge in [-0.05, 0) is 32.0 Å². The van der Waals surface area contributed by atoms with Crippen molar-refractivity contribution < 1.29 is 4.39 Å². The predicted molar refractivity (Wildman–Crippen MR) is 71.1 cm³/mol. The Morgan fingerprint density at radius 2 is 2.17 bits per heavy atom. The molecule has 1 heterocycles. The number of aromatic nitrogens is 2. The van der Waals surface area contributed by atoms with Crippen LogP contribution in [0.3, 0.4) is 0 Å². The van der Waals surface area contributed by atoms with Gasteiger partial charge < -0.3 is 5.73 Å². The third-order valence-corrected chi connectivity index (χ3v) is 3.81. The van der Waals surface area contributed by atoms with Crippen molar-refractivity contribution in [2.75, 3.05) is 0 Å². The lowest BCUT2D eigenvalue weighted by Crippen LogP contribution is -2.09. The number of halogens is 1. The summed E-state index contributed by atoms with van der Waals surface area (Å²) < 4.78 is 15.6. The molecule has 1 aromatic carbocycles. The second kappa shape index (κ2) is 5.12. The third-order valence-electron chi connectivity index (χ3n) is 2.64. The molecule has 0 saturated carbocycles. The van der Waals surface area contributed by atoms with Crippen LogP contribution in [0.25, 0.3) is 0 Å². The first-order chi connectivity index (χ1) is 8.49. The maximum atomic E-state index is 13.8. The second-order valence-electron chi connectivity index (χ2n) is 4.29. The molecule has 96 valence electrons.